The fraction of sp³-hybridized carbons (Fsp3) is 0.818. The number of ether oxygens (including phenoxy) is 1. The van der Waals surface area contributed by atoms with Crippen molar-refractivity contribution in [2.45, 2.75) is 41.2 Å². The molecule has 0 aromatic rings. The molecule has 0 aromatic carbocycles. The van der Waals surface area contributed by atoms with Gasteiger partial charge in [-0.15, -0.1) is 6.04 Å². The summed E-state index contributed by atoms with van der Waals surface area (Å²) in [5.74, 6) is -0.356. The monoisotopic (exact) mass is 301 g/mol. The number of hydrogen-bond donors (Lipinski definition) is 0. The number of nitrogens with zero attached hydrogens (tertiary/aromatic N) is 1. The fourth-order valence-electron chi connectivity index (χ4n) is 0.731. The molecule has 0 saturated heterocycles. The van der Waals surface area contributed by atoms with Crippen molar-refractivity contribution in [1.29, 1.82) is 0 Å². The van der Waals surface area contributed by atoms with Crippen molar-refractivity contribution in [3.05, 3.63) is 5.32 Å². The number of amides is 1. The van der Waals surface area contributed by atoms with Gasteiger partial charge in [0.2, 0.25) is 0 Å². The Morgan fingerprint density at radius 2 is 1.62 bits per heavy atom. The van der Waals surface area contributed by atoms with Crippen LogP contribution < -0.4 is 58.2 Å². The molecule has 0 heterocycles. The second-order valence-electron chi connectivity index (χ2n) is 3.73. The van der Waals surface area contributed by atoms with Gasteiger partial charge >= 0.3 is 58.2 Å². The van der Waals surface area contributed by atoms with Crippen molar-refractivity contribution in [3.8, 4) is 0 Å². The Morgan fingerprint density at radius 1 is 1.12 bits per heavy atom. The number of carbonyl (C=O) groups is 2. The molecule has 16 heavy (non-hydrogen) atoms. The van der Waals surface area contributed by atoms with Gasteiger partial charge in [-0.3, -0.25) is 4.79 Å². The summed E-state index contributed by atoms with van der Waals surface area (Å²) in [4.78, 5) is 22.1. The second-order valence-corrected chi connectivity index (χ2v) is 3.73. The van der Waals surface area contributed by atoms with Crippen molar-refractivity contribution in [2.75, 3.05) is 13.2 Å². The van der Waals surface area contributed by atoms with Crippen LogP contribution in [-0.4, -0.2) is 30.9 Å². The standard InChI is InChI=1S/C10H19NO3.CH4.Rb/c1-7(2)9(12)5-14-6-10(13)11-8(3)4;;/h7-8H,5-6H2,1-4H3,(H,11,13);1H4;/q;;+1/p-1. The van der Waals surface area contributed by atoms with E-state index in [-0.39, 0.29) is 102 Å². The molecule has 0 N–H and O–H groups in total. The summed E-state index contributed by atoms with van der Waals surface area (Å²) in [6.07, 6.45) is 0. The summed E-state index contributed by atoms with van der Waals surface area (Å²) in [6, 6.07) is -0.0214. The molecule has 0 aliphatic heterocycles. The Balaban J connectivity index is -0.000000845. The van der Waals surface area contributed by atoms with E-state index in [1.54, 1.807) is 13.8 Å². The third-order valence-electron chi connectivity index (χ3n) is 1.52. The number of ketones is 1. The van der Waals surface area contributed by atoms with E-state index in [4.69, 9.17) is 4.74 Å². The Hall–Kier alpha value is 0.905. The normalized spacial score (nSPS) is 9.38. The maximum Gasteiger partial charge on any atom is 1.00 e. The summed E-state index contributed by atoms with van der Waals surface area (Å²) in [5.41, 5.74) is 0. The first-order valence-electron chi connectivity index (χ1n) is 4.77. The minimum absolute atomic E-state index is 0. The Labute approximate surface area is 148 Å². The van der Waals surface area contributed by atoms with E-state index < -0.39 is 0 Å². The Bertz CT molecular complexity index is 205. The zero-order chi connectivity index (χ0) is 11.1. The molecule has 1 amide bonds. The molecule has 0 spiro atoms. The van der Waals surface area contributed by atoms with Crippen LogP contribution >= 0.6 is 0 Å². The molecule has 0 aliphatic carbocycles. The quantitative estimate of drug-likeness (QED) is 0.644. The molecule has 0 unspecified atom stereocenters. The summed E-state index contributed by atoms with van der Waals surface area (Å²) >= 11 is 0. The average molecular weight is 302 g/mol. The maximum absolute atomic E-state index is 11.1. The number of rotatable bonds is 6. The summed E-state index contributed by atoms with van der Waals surface area (Å²) in [5, 5.41) is 3.74. The zero-order valence-electron chi connectivity index (χ0n) is 10.2. The zero-order valence-corrected chi connectivity index (χ0v) is 15.2. The molecule has 0 bridgehead atoms. The summed E-state index contributed by atoms with van der Waals surface area (Å²) in [6.45, 7) is 7.13. The van der Waals surface area contributed by atoms with Gasteiger partial charge in [0.25, 0.3) is 0 Å². The molecule has 90 valence electrons. The summed E-state index contributed by atoms with van der Waals surface area (Å²) < 4.78 is 4.93. The van der Waals surface area contributed by atoms with Crippen molar-refractivity contribution in [1.82, 2.24) is 0 Å². The summed E-state index contributed by atoms with van der Waals surface area (Å²) in [7, 11) is 0. The van der Waals surface area contributed by atoms with Crippen molar-refractivity contribution >= 4 is 11.7 Å². The fourth-order valence-corrected chi connectivity index (χ4v) is 0.731. The van der Waals surface area contributed by atoms with Crippen LogP contribution in [-0.2, 0) is 14.3 Å². The molecule has 0 radical (unpaired) electrons. The van der Waals surface area contributed by atoms with Crippen molar-refractivity contribution in [2.24, 2.45) is 5.92 Å². The first-order valence-corrected chi connectivity index (χ1v) is 4.77. The molecule has 0 aromatic heterocycles. The Kier molecular flexibility index (Phi) is 17.1. The van der Waals surface area contributed by atoms with Crippen LogP contribution in [0.4, 0.5) is 0 Å². The van der Waals surface area contributed by atoms with Crippen LogP contribution in [0.1, 0.15) is 35.1 Å². The predicted octanol–water partition coefficient (Wildman–Crippen LogP) is -0.823. The van der Waals surface area contributed by atoms with Gasteiger partial charge in [-0.2, -0.15) is 0 Å². The van der Waals surface area contributed by atoms with Gasteiger partial charge in [0.15, 0.2) is 5.78 Å². The molecule has 4 nitrogen and oxygen atoms in total. The largest absolute Gasteiger partial charge is 1.00 e. The smallest absolute Gasteiger partial charge is 0.649 e. The van der Waals surface area contributed by atoms with E-state index in [1.165, 1.54) is 0 Å². The molecular formula is C11H22NO3Rb. The second kappa shape index (κ2) is 12.4. The third-order valence-corrected chi connectivity index (χ3v) is 1.52. The van der Waals surface area contributed by atoms with E-state index in [0.717, 1.165) is 0 Å². The first kappa shape index (κ1) is 22.1. The van der Waals surface area contributed by atoms with Gasteiger partial charge in [0.1, 0.15) is 6.61 Å². The van der Waals surface area contributed by atoms with Gasteiger partial charge in [-0.1, -0.05) is 35.1 Å². The maximum atomic E-state index is 11.1. The SMILES string of the molecule is C.CC(C)[N-]C(=O)COCC(=O)C(C)C.[Rb+]. The van der Waals surface area contributed by atoms with Crippen LogP contribution in [0.25, 0.3) is 5.32 Å². The van der Waals surface area contributed by atoms with Crippen LogP contribution in [0.5, 0.6) is 0 Å². The minimum atomic E-state index is -0.309. The topological polar surface area (TPSA) is 57.5 Å². The minimum Gasteiger partial charge on any atom is -0.649 e. The molecular weight excluding hydrogens is 280 g/mol. The van der Waals surface area contributed by atoms with Gasteiger partial charge < -0.3 is 14.8 Å². The average Bonchev–Trinajstić information content (AvgIpc) is 2.02. The molecule has 0 fully saturated rings. The van der Waals surface area contributed by atoms with E-state index in [0.29, 0.717) is 0 Å². The molecule has 5 heteroatoms. The van der Waals surface area contributed by atoms with Gasteiger partial charge in [0.05, 0.1) is 12.5 Å². The van der Waals surface area contributed by atoms with E-state index in [9.17, 15) is 9.59 Å². The third kappa shape index (κ3) is 13.0. The first-order chi connectivity index (χ1) is 6.43. The van der Waals surface area contributed by atoms with Crippen molar-refractivity contribution in [3.63, 3.8) is 0 Å². The van der Waals surface area contributed by atoms with E-state index in [2.05, 4.69) is 5.32 Å². The van der Waals surface area contributed by atoms with Gasteiger partial charge in [-0.25, -0.2) is 0 Å². The Morgan fingerprint density at radius 3 is 2.00 bits per heavy atom. The number of Topliss-reactive ketones (excluding diaryl/α,β-unsaturated/α-hetero) is 1. The predicted molar refractivity (Wildman–Crippen MR) is 60.9 cm³/mol. The molecule has 0 rings (SSSR count). The van der Waals surface area contributed by atoms with E-state index >= 15 is 0 Å². The van der Waals surface area contributed by atoms with Gasteiger partial charge in [0, 0.05) is 5.92 Å². The molecule has 0 saturated carbocycles. The van der Waals surface area contributed by atoms with Crippen LogP contribution in [0.2, 0.25) is 0 Å². The molecule has 0 aliphatic rings. The van der Waals surface area contributed by atoms with Crippen LogP contribution in [0, 0.1) is 5.92 Å². The van der Waals surface area contributed by atoms with Crippen LogP contribution in [0.15, 0.2) is 0 Å². The molecule has 0 atom stereocenters. The number of hydrogen-bond acceptors (Lipinski definition) is 3. The van der Waals surface area contributed by atoms with E-state index in [1.807, 2.05) is 13.8 Å². The van der Waals surface area contributed by atoms with Gasteiger partial charge in [-0.05, 0) is 0 Å². The van der Waals surface area contributed by atoms with Crippen molar-refractivity contribution < 1.29 is 72.5 Å². The van der Waals surface area contributed by atoms with Crippen LogP contribution in [0.3, 0.4) is 0 Å². The number of carbonyl (C=O) groups excluding carboxylic acids is 2.